The number of amides is 6. The van der Waals surface area contributed by atoms with Gasteiger partial charge in [0, 0.05) is 53.5 Å². The van der Waals surface area contributed by atoms with Gasteiger partial charge in [-0.3, -0.25) is 39.6 Å². The molecule has 6 amide bonds. The van der Waals surface area contributed by atoms with Crippen LogP contribution in [0.15, 0.2) is 72.8 Å². The topological polar surface area (TPSA) is 229 Å². The van der Waals surface area contributed by atoms with Crippen molar-refractivity contribution < 1.29 is 52.2 Å². The van der Waals surface area contributed by atoms with Gasteiger partial charge in [0.2, 0.25) is 11.8 Å². The van der Waals surface area contributed by atoms with Crippen molar-refractivity contribution in [2.45, 2.75) is 117 Å². The number of rotatable bonds is 11. The monoisotopic (exact) mass is 873 g/mol. The molecular formula is C45H50F3N7O8. The quantitative estimate of drug-likeness (QED) is 0.156. The SMILES string of the molecule is CC1(CC(N)=O)c2cccc(c2)[C@]1(C(=O)NC(=O)O)N1CCCC1[C@H]1CC[C@H](C2CCCN2[C@@]2(C(=O)NC(=O)O)c3cccc(c3)C2(C)CC(N)=O)N1c1ccc(C(F)(F)F)cc1. The molecule has 334 valence electrons. The maximum Gasteiger partial charge on any atom is 0.416 e. The number of alkyl halides is 3. The second-order valence-electron chi connectivity index (χ2n) is 18.0. The molecule has 0 aromatic heterocycles. The number of carbonyl (C=O) groups is 6. The highest BCUT2D eigenvalue weighted by Crippen LogP contribution is 2.59. The number of benzene rings is 3. The molecule has 3 aromatic rings. The summed E-state index contributed by atoms with van der Waals surface area (Å²) in [7, 11) is 0. The molecule has 3 saturated heterocycles. The lowest BCUT2D eigenvalue weighted by atomic mass is 9.65. The average Bonchev–Trinajstić information content (AvgIpc) is 4.01. The van der Waals surface area contributed by atoms with Crippen LogP contribution in [0.2, 0.25) is 0 Å². The van der Waals surface area contributed by atoms with Gasteiger partial charge in [0.15, 0.2) is 0 Å². The summed E-state index contributed by atoms with van der Waals surface area (Å²) in [4.78, 5) is 85.9. The largest absolute Gasteiger partial charge is 0.465 e. The van der Waals surface area contributed by atoms with Crippen LogP contribution in [-0.2, 0) is 47.3 Å². The molecule has 4 unspecified atom stereocenters. The van der Waals surface area contributed by atoms with E-state index in [1.54, 1.807) is 62.4 Å². The van der Waals surface area contributed by atoms with Crippen molar-refractivity contribution in [3.63, 3.8) is 0 Å². The van der Waals surface area contributed by atoms with Crippen molar-refractivity contribution in [2.75, 3.05) is 18.0 Å². The first kappa shape index (κ1) is 43.6. The Morgan fingerprint density at radius 1 is 0.635 bits per heavy atom. The average molecular weight is 874 g/mol. The fraction of sp³-hybridized carbons (Fsp3) is 0.467. The highest BCUT2D eigenvalue weighted by atomic mass is 19.4. The summed E-state index contributed by atoms with van der Waals surface area (Å²) in [6.45, 7) is 4.03. The number of anilines is 1. The number of hydrogen-bond acceptors (Lipinski definition) is 9. The van der Waals surface area contributed by atoms with Crippen LogP contribution in [-0.4, -0.2) is 93.1 Å². The first-order valence-electron chi connectivity index (χ1n) is 21.1. The van der Waals surface area contributed by atoms with E-state index < -0.39 is 93.6 Å². The number of nitrogens with one attached hydrogen (secondary N) is 2. The molecule has 2 aliphatic carbocycles. The number of carbonyl (C=O) groups excluding carboxylic acids is 4. The molecule has 0 spiro atoms. The fourth-order valence-corrected chi connectivity index (χ4v) is 12.8. The Balaban J connectivity index is 1.28. The predicted octanol–water partition coefficient (Wildman–Crippen LogP) is 4.64. The molecule has 18 heteroatoms. The molecule has 0 radical (unpaired) electrons. The molecular weight excluding hydrogens is 824 g/mol. The van der Waals surface area contributed by atoms with Gasteiger partial charge in [-0.25, -0.2) is 9.59 Å². The Labute approximate surface area is 360 Å². The molecule has 63 heavy (non-hydrogen) atoms. The Hall–Kier alpha value is -6.01. The van der Waals surface area contributed by atoms with Gasteiger partial charge in [-0.15, -0.1) is 0 Å². The molecule has 8 rings (SSSR count). The predicted molar refractivity (Wildman–Crippen MR) is 221 cm³/mol. The summed E-state index contributed by atoms with van der Waals surface area (Å²) in [5.74, 6) is -3.16. The Morgan fingerprint density at radius 3 is 1.40 bits per heavy atom. The van der Waals surface area contributed by atoms with Gasteiger partial charge in [0.1, 0.15) is 11.1 Å². The minimum Gasteiger partial charge on any atom is -0.465 e. The van der Waals surface area contributed by atoms with E-state index in [1.807, 2.05) is 9.80 Å². The van der Waals surface area contributed by atoms with Gasteiger partial charge < -0.3 is 26.6 Å². The van der Waals surface area contributed by atoms with Crippen LogP contribution in [0.4, 0.5) is 28.4 Å². The van der Waals surface area contributed by atoms with Crippen molar-refractivity contribution in [3.05, 3.63) is 101 Å². The molecule has 3 fully saturated rings. The maximum atomic E-state index is 14.8. The second-order valence-corrected chi connectivity index (χ2v) is 18.0. The van der Waals surface area contributed by atoms with E-state index >= 15 is 0 Å². The van der Waals surface area contributed by atoms with Crippen molar-refractivity contribution in [2.24, 2.45) is 11.5 Å². The van der Waals surface area contributed by atoms with E-state index in [0.29, 0.717) is 79.6 Å². The zero-order valence-corrected chi connectivity index (χ0v) is 34.8. The van der Waals surface area contributed by atoms with E-state index in [-0.39, 0.29) is 12.8 Å². The summed E-state index contributed by atoms with van der Waals surface area (Å²) >= 11 is 0. The Bertz CT molecular complexity index is 2260. The molecule has 5 aliphatic rings. The van der Waals surface area contributed by atoms with Crippen LogP contribution in [0.5, 0.6) is 0 Å². The number of carboxylic acid groups (broad SMARTS) is 2. The molecule has 3 aromatic carbocycles. The fourth-order valence-electron chi connectivity index (χ4n) is 12.8. The summed E-state index contributed by atoms with van der Waals surface area (Å²) in [5.41, 5.74) is 7.29. The van der Waals surface area contributed by atoms with Gasteiger partial charge >= 0.3 is 18.4 Å². The number of nitrogens with zero attached hydrogens (tertiary/aromatic N) is 3. The molecule has 3 aliphatic heterocycles. The van der Waals surface area contributed by atoms with Crippen LogP contribution < -0.4 is 27.0 Å². The van der Waals surface area contributed by atoms with E-state index in [2.05, 4.69) is 15.5 Å². The van der Waals surface area contributed by atoms with Crippen LogP contribution >= 0.6 is 0 Å². The highest BCUT2D eigenvalue weighted by Gasteiger charge is 2.68. The van der Waals surface area contributed by atoms with Crippen LogP contribution in [0.25, 0.3) is 0 Å². The Kier molecular flexibility index (Phi) is 10.6. The van der Waals surface area contributed by atoms with Crippen LogP contribution in [0, 0.1) is 0 Å². The van der Waals surface area contributed by atoms with Gasteiger partial charge in [0.05, 0.1) is 5.56 Å². The third kappa shape index (κ3) is 6.46. The third-order valence-corrected chi connectivity index (χ3v) is 14.9. The molecule has 8 N–H and O–H groups in total. The van der Waals surface area contributed by atoms with Gasteiger partial charge in [-0.05, 0) is 98.1 Å². The summed E-state index contributed by atoms with van der Waals surface area (Å²) < 4.78 is 42.2. The molecule has 15 nitrogen and oxygen atoms in total. The Morgan fingerprint density at radius 2 is 1.03 bits per heavy atom. The van der Waals surface area contributed by atoms with E-state index in [1.165, 1.54) is 12.1 Å². The van der Waals surface area contributed by atoms with Crippen molar-refractivity contribution in [1.82, 2.24) is 20.4 Å². The number of imide groups is 2. The minimum atomic E-state index is -4.64. The van der Waals surface area contributed by atoms with Crippen LogP contribution in [0.3, 0.4) is 0 Å². The van der Waals surface area contributed by atoms with Gasteiger partial charge in [-0.2, -0.15) is 13.2 Å². The molecule has 8 atom stereocenters. The number of fused-ring (bicyclic) bond motifs is 4. The summed E-state index contributed by atoms with van der Waals surface area (Å²) in [6.07, 6.45) is -5.48. The van der Waals surface area contributed by atoms with E-state index in [9.17, 15) is 52.2 Å². The zero-order chi connectivity index (χ0) is 45.4. The standard InChI is InChI=1S/C45H50F3N7O8/c1-41(23-35(49)56)26-7-3-9-28(21-26)43(41,37(58)51-39(60)61)53-19-5-11-31(53)33-17-18-34(55(33)30-15-13-25(14-16-30)45(46,47)48)32-12-6-20-54(32)44(38(59)52-40(62)63)29-10-4-8-27(22-29)42(44,2)24-36(50)57/h3-4,7-10,13-16,21-22,31-34H,5-6,11-12,17-20,23-24H2,1-2H3,(H2,49,56)(H2,50,57)(H,51,58)(H,52,59)(H,60,61)(H,62,63)/t31?,32?,33-,34-,41?,42?,43-,44-/m1/s1. The number of hydrogen-bond donors (Lipinski definition) is 6. The third-order valence-electron chi connectivity index (χ3n) is 14.9. The maximum absolute atomic E-state index is 14.8. The minimum absolute atomic E-state index is 0.293. The molecule has 0 saturated carbocycles. The highest BCUT2D eigenvalue weighted by molar-refractivity contribution is 6.01. The van der Waals surface area contributed by atoms with Crippen LogP contribution in [0.1, 0.15) is 93.0 Å². The molecule has 4 bridgehead atoms. The summed E-state index contributed by atoms with van der Waals surface area (Å²) in [5, 5.41) is 24.2. The lowest BCUT2D eigenvalue weighted by Crippen LogP contribution is -2.69. The van der Waals surface area contributed by atoms with Gasteiger partial charge in [-0.1, -0.05) is 62.4 Å². The second kappa shape index (κ2) is 15.4. The van der Waals surface area contributed by atoms with E-state index in [0.717, 1.165) is 12.1 Å². The lowest BCUT2D eigenvalue weighted by Gasteiger charge is -2.54. The first-order chi connectivity index (χ1) is 29.7. The normalized spacial score (nSPS) is 31.3. The van der Waals surface area contributed by atoms with Crippen molar-refractivity contribution in [1.29, 1.82) is 0 Å². The number of primary amides is 2. The van der Waals surface area contributed by atoms with E-state index in [4.69, 9.17) is 11.5 Å². The summed E-state index contributed by atoms with van der Waals surface area (Å²) in [6, 6.07) is 16.7. The number of halogens is 3. The van der Waals surface area contributed by atoms with Crippen molar-refractivity contribution >= 4 is 41.5 Å². The van der Waals surface area contributed by atoms with Gasteiger partial charge in [0.25, 0.3) is 11.8 Å². The lowest BCUT2D eigenvalue weighted by molar-refractivity contribution is -0.143. The van der Waals surface area contributed by atoms with Crippen molar-refractivity contribution in [3.8, 4) is 0 Å². The smallest absolute Gasteiger partial charge is 0.416 e. The molecule has 3 heterocycles. The number of nitrogens with two attached hydrogens (primary N) is 2. The first-order valence-corrected chi connectivity index (χ1v) is 21.1. The number of likely N-dealkylation sites (tertiary alicyclic amines) is 2. The zero-order valence-electron chi connectivity index (χ0n) is 34.8.